The molecule has 32 heteroatoms. The van der Waals surface area contributed by atoms with E-state index in [4.69, 9.17) is 11.5 Å². The number of rotatable bonds is 37. The second kappa shape index (κ2) is 36.6. The van der Waals surface area contributed by atoms with Gasteiger partial charge in [-0.3, -0.25) is 77.1 Å². The van der Waals surface area contributed by atoms with E-state index in [1.54, 1.807) is 23.3 Å². The summed E-state index contributed by atoms with van der Waals surface area (Å²) in [5.74, 6) is -13.4. The van der Waals surface area contributed by atoms with E-state index in [2.05, 4.69) is 36.9 Å². The van der Waals surface area contributed by atoms with Crippen LogP contribution in [0.5, 0.6) is 0 Å². The predicted molar refractivity (Wildman–Crippen MR) is 271 cm³/mol. The number of carbonyl (C=O) groups is 12. The zero-order chi connectivity index (χ0) is 58.2. The van der Waals surface area contributed by atoms with Crippen LogP contribution < -0.4 is 43.4 Å². The van der Waals surface area contributed by atoms with E-state index in [0.717, 1.165) is 0 Å². The molecule has 0 aliphatic carbocycles. The normalized spacial score (nSPS) is 16.6. The lowest BCUT2D eigenvalue weighted by molar-refractivity contribution is -0.142. The largest absolute Gasteiger partial charge is 0.481 e. The first kappa shape index (κ1) is 66.7. The molecule has 1 aromatic rings. The van der Waals surface area contributed by atoms with Crippen LogP contribution in [0.1, 0.15) is 64.2 Å². The van der Waals surface area contributed by atoms with Crippen LogP contribution in [-0.2, 0) is 64.1 Å². The first-order valence-corrected chi connectivity index (χ1v) is 25.3. The minimum Gasteiger partial charge on any atom is -0.481 e. The minimum atomic E-state index is -1.85. The smallest absolute Gasteiger partial charge is 0.317 e. The number of carbonyl (C=O) groups excluding carboxylic acids is 6. The van der Waals surface area contributed by atoms with Gasteiger partial charge in [-0.2, -0.15) is 0 Å². The van der Waals surface area contributed by atoms with Gasteiger partial charge in [-0.05, 0) is 45.1 Å². The lowest BCUT2D eigenvalue weighted by Crippen LogP contribution is -2.59. The van der Waals surface area contributed by atoms with E-state index in [1.165, 1.54) is 19.6 Å². The van der Waals surface area contributed by atoms with Crippen molar-refractivity contribution in [1.82, 2.24) is 61.1 Å². The third kappa shape index (κ3) is 29.2. The van der Waals surface area contributed by atoms with Crippen molar-refractivity contribution in [1.29, 1.82) is 0 Å². The van der Waals surface area contributed by atoms with Crippen molar-refractivity contribution in [3.8, 4) is 0 Å². The lowest BCUT2D eigenvalue weighted by Gasteiger charge is -2.38. The Kier molecular flexibility index (Phi) is 31.3. The first-order valence-electron chi connectivity index (χ1n) is 25.3. The molecule has 0 radical (unpaired) electrons. The summed E-state index contributed by atoms with van der Waals surface area (Å²) in [4.78, 5) is 161. The number of imidazole rings is 1. The molecule has 438 valence electrons. The van der Waals surface area contributed by atoms with Crippen molar-refractivity contribution in [2.45, 2.75) is 101 Å². The zero-order valence-electron chi connectivity index (χ0n) is 43.4. The van der Waals surface area contributed by atoms with Crippen molar-refractivity contribution in [2.75, 3.05) is 98.2 Å². The number of nitrogens with two attached hydrogens (primary N) is 2. The molecule has 0 saturated carbocycles. The summed E-state index contributed by atoms with van der Waals surface area (Å²) >= 11 is 0. The van der Waals surface area contributed by atoms with E-state index >= 15 is 0 Å². The van der Waals surface area contributed by atoms with Gasteiger partial charge in [0.05, 0.1) is 51.4 Å². The molecular weight excluding hydrogens is 1040 g/mol. The van der Waals surface area contributed by atoms with Crippen LogP contribution >= 0.6 is 0 Å². The molecule has 1 fully saturated rings. The summed E-state index contributed by atoms with van der Waals surface area (Å²) in [6.45, 7) is -2.22. The van der Waals surface area contributed by atoms with Gasteiger partial charge in [0.1, 0.15) is 18.1 Å². The van der Waals surface area contributed by atoms with Gasteiger partial charge in [-0.1, -0.05) is 0 Å². The molecule has 0 bridgehead atoms. The number of hydrogen-bond donors (Lipinski definition) is 14. The third-order valence-corrected chi connectivity index (χ3v) is 12.2. The molecule has 16 N–H and O–H groups in total. The number of unbranched alkanes of at least 4 members (excludes halogenated alkanes) is 2. The van der Waals surface area contributed by atoms with Crippen LogP contribution in [-0.4, -0.2) is 259 Å². The maximum atomic E-state index is 14.2. The second-order valence-corrected chi connectivity index (χ2v) is 18.5. The number of aromatic nitrogens is 2. The van der Waals surface area contributed by atoms with E-state index in [9.17, 15) is 88.2 Å². The van der Waals surface area contributed by atoms with Gasteiger partial charge < -0.3 is 78.6 Å². The maximum Gasteiger partial charge on any atom is 0.317 e. The molecule has 32 nitrogen and oxygen atoms in total. The highest BCUT2D eigenvalue weighted by Gasteiger charge is 2.34. The minimum absolute atomic E-state index is 0.0203. The molecule has 0 spiro atoms. The van der Waals surface area contributed by atoms with Gasteiger partial charge in [0, 0.05) is 103 Å². The Hall–Kier alpha value is -7.39. The second-order valence-electron chi connectivity index (χ2n) is 18.5. The van der Waals surface area contributed by atoms with Crippen molar-refractivity contribution in [3.05, 3.63) is 18.7 Å². The fourth-order valence-corrected chi connectivity index (χ4v) is 8.16. The van der Waals surface area contributed by atoms with Gasteiger partial charge in [0.2, 0.25) is 35.4 Å². The van der Waals surface area contributed by atoms with Gasteiger partial charge >= 0.3 is 35.8 Å². The van der Waals surface area contributed by atoms with Gasteiger partial charge in [-0.25, -0.2) is 4.98 Å². The molecule has 1 aliphatic heterocycles. The van der Waals surface area contributed by atoms with Gasteiger partial charge in [0.15, 0.2) is 0 Å². The van der Waals surface area contributed by atoms with Crippen LogP contribution in [0.4, 0.5) is 0 Å². The maximum absolute atomic E-state index is 14.2. The average molecular weight is 1110 g/mol. The first-order chi connectivity index (χ1) is 36.9. The summed E-state index contributed by atoms with van der Waals surface area (Å²) in [5, 5.41) is 73.9. The number of carboxylic acid groups (broad SMARTS) is 6. The van der Waals surface area contributed by atoms with E-state index in [0.29, 0.717) is 25.9 Å². The lowest BCUT2D eigenvalue weighted by atomic mass is 10.0. The Bertz CT molecular complexity index is 2150. The number of aliphatic carboxylic acids is 6. The summed E-state index contributed by atoms with van der Waals surface area (Å²) < 4.78 is 1.75. The van der Waals surface area contributed by atoms with Crippen LogP contribution in [0.2, 0.25) is 0 Å². The molecule has 5 atom stereocenters. The van der Waals surface area contributed by atoms with Crippen molar-refractivity contribution < 1.29 is 88.2 Å². The molecule has 78 heavy (non-hydrogen) atoms. The number of carboxylic acids is 6. The molecule has 0 aromatic carbocycles. The van der Waals surface area contributed by atoms with E-state index in [1.807, 2.05) is 0 Å². The Morgan fingerprint density at radius 1 is 0.551 bits per heavy atom. The Balaban J connectivity index is 2.44. The Morgan fingerprint density at radius 3 is 1.56 bits per heavy atom. The molecule has 2 rings (SSSR count). The monoisotopic (exact) mass is 1110 g/mol. The topological polar surface area (TPSA) is 481 Å². The van der Waals surface area contributed by atoms with Gasteiger partial charge in [-0.15, -0.1) is 0 Å². The van der Waals surface area contributed by atoms with E-state index < -0.39 is 141 Å². The molecule has 1 aliphatic rings. The van der Waals surface area contributed by atoms with Crippen molar-refractivity contribution in [3.63, 3.8) is 0 Å². The summed E-state index contributed by atoms with van der Waals surface area (Å²) in [7, 11) is 0. The standard InChI is InChI=1S/C46H76N14O18/c47-9-3-1-5-31(43(48)75)53-46(78)34(22-38(65)66)55-44(76)32(6-2-4-10-50-35(61)7-8-36(62)51-12-14-58-13-11-49-29-58)54-45(77)33(21-37(63)64)52-23-30-24-59(27-41(71)72)18-17-56(25-39(67)68)15-16-57(26-40(69)70)19-20-60(30)28-42(73)74/h11,13,29-34,52H,1-10,12,14-28,47H2,(H2,48,75)(H,50,61)(H,51,62)(H,53,78)(H,54,77)(H,55,76)(H,63,64)(H,65,66)(H,67,68)(H,69,70)(H,71,72)(H,73,74)/t30?,31-,32-,33-,34-/m1/s1. The number of amides is 6. The summed E-state index contributed by atoms with van der Waals surface area (Å²) in [5.41, 5.74) is 11.0. The molecular formula is C46H76N14O18. The fraction of sp³-hybridized carbons (Fsp3) is 0.674. The predicted octanol–water partition coefficient (Wildman–Crippen LogP) is -6.03. The highest BCUT2D eigenvalue weighted by Crippen LogP contribution is 2.11. The van der Waals surface area contributed by atoms with Crippen LogP contribution in [0.15, 0.2) is 18.7 Å². The quantitative estimate of drug-likeness (QED) is 0.0276. The average Bonchev–Trinajstić information content (AvgIpc) is 3.87. The van der Waals surface area contributed by atoms with Crippen molar-refractivity contribution in [2.24, 2.45) is 11.5 Å². The van der Waals surface area contributed by atoms with Crippen LogP contribution in [0, 0.1) is 0 Å². The number of primary amides is 1. The fourth-order valence-electron chi connectivity index (χ4n) is 8.16. The number of nitrogens with one attached hydrogen (secondary N) is 6. The molecule has 1 aromatic heterocycles. The Labute approximate surface area is 448 Å². The zero-order valence-corrected chi connectivity index (χ0v) is 43.4. The van der Waals surface area contributed by atoms with Crippen molar-refractivity contribution >= 4 is 71.3 Å². The highest BCUT2D eigenvalue weighted by atomic mass is 16.4. The highest BCUT2D eigenvalue weighted by molar-refractivity contribution is 5.96. The van der Waals surface area contributed by atoms with E-state index in [-0.39, 0.29) is 103 Å². The Morgan fingerprint density at radius 2 is 1.03 bits per heavy atom. The number of hydrogen-bond acceptors (Lipinski definition) is 19. The number of nitrogens with zero attached hydrogens (tertiary/aromatic N) is 6. The van der Waals surface area contributed by atoms with Gasteiger partial charge in [0.25, 0.3) is 0 Å². The van der Waals surface area contributed by atoms with Crippen LogP contribution in [0.25, 0.3) is 0 Å². The SMILES string of the molecule is NCCCC[C@@H](NC(=O)[C@@H](CC(=O)O)NC(=O)[C@@H](CCCCNC(=O)CCC(=O)NCCn1ccnc1)NC(=O)[C@@H](CC(=O)O)NCC1CN(CC(=O)O)CCN(CC(=O)O)CCN(CC(=O)O)CCN1CC(=O)O)C(N)=O. The molecule has 2 heterocycles. The molecule has 1 unspecified atom stereocenters. The molecule has 1 saturated heterocycles. The summed E-state index contributed by atoms with van der Waals surface area (Å²) in [6, 6.07) is -7.55. The molecule has 6 amide bonds. The van der Waals surface area contributed by atoms with Crippen LogP contribution in [0.3, 0.4) is 0 Å². The summed E-state index contributed by atoms with van der Waals surface area (Å²) in [6.07, 6.45) is 3.42. The third-order valence-electron chi connectivity index (χ3n) is 12.2.